The maximum absolute atomic E-state index is 12.5. The quantitative estimate of drug-likeness (QED) is 0.463. The van der Waals surface area contributed by atoms with E-state index in [1.54, 1.807) is 12.0 Å². The van der Waals surface area contributed by atoms with Crippen molar-refractivity contribution in [2.75, 3.05) is 13.7 Å². The lowest BCUT2D eigenvalue weighted by Crippen LogP contribution is -3.00. The third-order valence-electron chi connectivity index (χ3n) is 4.53. The first-order valence-electron chi connectivity index (χ1n) is 8.91. The first kappa shape index (κ1) is 21.5. The van der Waals surface area contributed by atoms with Crippen LogP contribution in [0, 0.1) is 0 Å². The third-order valence-corrected chi connectivity index (χ3v) is 4.53. The summed E-state index contributed by atoms with van der Waals surface area (Å²) in [5, 5.41) is 0. The number of rotatable bonds is 2. The van der Waals surface area contributed by atoms with Gasteiger partial charge >= 0.3 is 6.09 Å². The molecule has 27 heavy (non-hydrogen) atoms. The first-order valence-corrected chi connectivity index (χ1v) is 8.91. The molecule has 146 valence electrons. The number of amides is 1. The molecular formula is C21H27IN2O3. The Morgan fingerprint density at radius 2 is 1.78 bits per heavy atom. The van der Waals surface area contributed by atoms with Crippen LogP contribution in [0.5, 0.6) is 5.75 Å². The largest absolute Gasteiger partial charge is 1.00 e. The molecule has 1 aliphatic rings. The van der Waals surface area contributed by atoms with Crippen LogP contribution < -0.4 is 33.3 Å². The van der Waals surface area contributed by atoms with Crippen molar-refractivity contribution in [3.05, 3.63) is 47.8 Å². The Bertz CT molecular complexity index is 813. The predicted octanol–water partition coefficient (Wildman–Crippen LogP) is 0.484. The topological polar surface area (TPSA) is 42.7 Å². The van der Waals surface area contributed by atoms with Gasteiger partial charge in [0.15, 0.2) is 12.4 Å². The van der Waals surface area contributed by atoms with Crippen LogP contribution in [0.4, 0.5) is 4.79 Å². The number of halogens is 1. The molecule has 0 N–H and O–H groups in total. The summed E-state index contributed by atoms with van der Waals surface area (Å²) >= 11 is 0. The van der Waals surface area contributed by atoms with E-state index in [-0.39, 0.29) is 30.1 Å². The van der Waals surface area contributed by atoms with E-state index in [0.717, 1.165) is 28.9 Å². The van der Waals surface area contributed by atoms with Crippen molar-refractivity contribution in [1.29, 1.82) is 0 Å². The van der Waals surface area contributed by atoms with Crippen LogP contribution in [0.15, 0.2) is 36.7 Å². The Labute approximate surface area is 178 Å². The highest BCUT2D eigenvalue weighted by atomic mass is 127. The molecule has 0 saturated heterocycles. The van der Waals surface area contributed by atoms with Gasteiger partial charge in [0.05, 0.1) is 13.7 Å². The molecule has 6 heteroatoms. The van der Waals surface area contributed by atoms with Crippen molar-refractivity contribution >= 4 is 6.09 Å². The zero-order chi connectivity index (χ0) is 18.9. The average Bonchev–Trinajstić information content (AvgIpc) is 2.59. The summed E-state index contributed by atoms with van der Waals surface area (Å²) < 4.78 is 13.1. The van der Waals surface area contributed by atoms with Crippen LogP contribution in [0.1, 0.15) is 31.9 Å². The smallest absolute Gasteiger partial charge is 0.410 e. The van der Waals surface area contributed by atoms with Crippen LogP contribution in [-0.2, 0) is 24.8 Å². The molecule has 2 heterocycles. The summed E-state index contributed by atoms with van der Waals surface area (Å²) in [6.45, 7) is 6.83. The highest BCUT2D eigenvalue weighted by molar-refractivity contribution is 5.73. The van der Waals surface area contributed by atoms with E-state index in [4.69, 9.17) is 9.47 Å². The second kappa shape index (κ2) is 8.46. The zero-order valence-corrected chi connectivity index (χ0v) is 18.7. The lowest BCUT2D eigenvalue weighted by atomic mass is 9.91. The lowest BCUT2D eigenvalue weighted by molar-refractivity contribution is -0.671. The van der Waals surface area contributed by atoms with Gasteiger partial charge in [-0.1, -0.05) is 6.07 Å². The minimum atomic E-state index is -0.497. The summed E-state index contributed by atoms with van der Waals surface area (Å²) in [4.78, 5) is 14.3. The van der Waals surface area contributed by atoms with Gasteiger partial charge in [-0.2, -0.15) is 0 Å². The van der Waals surface area contributed by atoms with Crippen LogP contribution in [0.3, 0.4) is 0 Å². The molecule has 1 aromatic carbocycles. The maximum Gasteiger partial charge on any atom is 0.410 e. The number of carbonyl (C=O) groups is 1. The van der Waals surface area contributed by atoms with Crippen LogP contribution in [0.25, 0.3) is 11.1 Å². The number of benzene rings is 1. The minimum absolute atomic E-state index is 0. The van der Waals surface area contributed by atoms with Crippen LogP contribution in [-0.4, -0.2) is 30.2 Å². The molecule has 0 fully saturated rings. The van der Waals surface area contributed by atoms with Gasteiger partial charge in [-0.05, 0) is 49.9 Å². The number of pyridine rings is 1. The minimum Gasteiger partial charge on any atom is -1.00 e. The second-order valence-electron chi connectivity index (χ2n) is 7.68. The summed E-state index contributed by atoms with van der Waals surface area (Å²) in [6, 6.07) is 8.28. The molecule has 0 bridgehead atoms. The van der Waals surface area contributed by atoms with E-state index < -0.39 is 5.60 Å². The number of fused-ring (bicyclic) bond motifs is 1. The number of hydrogen-bond acceptors (Lipinski definition) is 3. The second-order valence-corrected chi connectivity index (χ2v) is 7.68. The Balaban J connectivity index is 0.00000261. The predicted molar refractivity (Wildman–Crippen MR) is 100.0 cm³/mol. The van der Waals surface area contributed by atoms with E-state index in [9.17, 15) is 4.79 Å². The van der Waals surface area contributed by atoms with Crippen LogP contribution >= 0.6 is 0 Å². The number of nitrogens with zero attached hydrogens (tertiary/aromatic N) is 2. The Hall–Kier alpha value is -1.83. The van der Waals surface area contributed by atoms with Crippen molar-refractivity contribution in [2.24, 2.45) is 7.05 Å². The average molecular weight is 482 g/mol. The van der Waals surface area contributed by atoms with Gasteiger partial charge in [-0.25, -0.2) is 9.36 Å². The summed E-state index contributed by atoms with van der Waals surface area (Å²) in [5.74, 6) is 0.883. The van der Waals surface area contributed by atoms with Gasteiger partial charge in [0.25, 0.3) is 0 Å². The standard InChI is InChI=1S/C21H27N2O3.HI/c1-21(2,3)26-20(24)23-13-10-17-18(14-23)16(6-7-19(17)25-5)15-8-11-22(4)12-9-15;/h6-9,11-12H,10,13-14H2,1-5H3;1H/q+1;/p-1. The molecule has 2 aromatic rings. The number of ether oxygens (including phenoxy) is 2. The molecule has 0 unspecified atom stereocenters. The molecule has 0 atom stereocenters. The van der Waals surface area contributed by atoms with Gasteiger partial charge in [0.2, 0.25) is 0 Å². The lowest BCUT2D eigenvalue weighted by Gasteiger charge is -2.33. The van der Waals surface area contributed by atoms with Crippen molar-refractivity contribution in [1.82, 2.24) is 4.90 Å². The van der Waals surface area contributed by atoms with E-state index in [2.05, 4.69) is 18.2 Å². The Morgan fingerprint density at radius 3 is 2.37 bits per heavy atom. The van der Waals surface area contributed by atoms with Gasteiger partial charge < -0.3 is 38.4 Å². The molecule has 1 amide bonds. The van der Waals surface area contributed by atoms with Gasteiger partial charge in [0.1, 0.15) is 18.4 Å². The fraction of sp³-hybridized carbons (Fsp3) is 0.429. The molecule has 1 aromatic heterocycles. The summed E-state index contributed by atoms with van der Waals surface area (Å²) in [6.07, 6.45) is 4.55. The van der Waals surface area contributed by atoms with Crippen molar-refractivity contribution in [3.8, 4) is 16.9 Å². The first-order chi connectivity index (χ1) is 12.3. The molecule has 3 rings (SSSR count). The van der Waals surface area contributed by atoms with Crippen LogP contribution in [0.2, 0.25) is 0 Å². The number of carbonyl (C=O) groups excluding carboxylic acids is 1. The number of hydrogen-bond donors (Lipinski definition) is 0. The van der Waals surface area contributed by atoms with Gasteiger partial charge in [-0.3, -0.25) is 0 Å². The number of aromatic nitrogens is 1. The zero-order valence-electron chi connectivity index (χ0n) is 16.6. The highest BCUT2D eigenvalue weighted by Gasteiger charge is 2.29. The molecule has 1 aliphatic heterocycles. The third kappa shape index (κ3) is 4.91. The van der Waals surface area contributed by atoms with Crippen molar-refractivity contribution in [2.45, 2.75) is 39.3 Å². The summed E-state index contributed by atoms with van der Waals surface area (Å²) in [5.41, 5.74) is 4.08. The summed E-state index contributed by atoms with van der Waals surface area (Å²) in [7, 11) is 3.69. The Kier molecular flexibility index (Phi) is 6.72. The Morgan fingerprint density at radius 1 is 1.11 bits per heavy atom. The fourth-order valence-electron chi connectivity index (χ4n) is 3.27. The maximum atomic E-state index is 12.5. The van der Waals surface area contributed by atoms with E-state index in [1.807, 2.05) is 50.8 Å². The van der Waals surface area contributed by atoms with E-state index in [0.29, 0.717) is 13.1 Å². The van der Waals surface area contributed by atoms with E-state index >= 15 is 0 Å². The molecule has 0 radical (unpaired) electrons. The molecule has 5 nitrogen and oxygen atoms in total. The normalized spacial score (nSPS) is 13.4. The molecule has 0 spiro atoms. The SMILES string of the molecule is COc1ccc(-c2cc[n+](C)cc2)c2c1CCN(C(=O)OC(C)(C)C)C2.[I-]. The van der Waals surface area contributed by atoms with E-state index in [1.165, 1.54) is 5.56 Å². The molecule has 0 saturated carbocycles. The fourth-order valence-corrected chi connectivity index (χ4v) is 3.27. The molecule has 0 aliphatic carbocycles. The van der Waals surface area contributed by atoms with Crippen molar-refractivity contribution < 1.29 is 42.8 Å². The number of aryl methyl sites for hydroxylation is 1. The monoisotopic (exact) mass is 482 g/mol. The number of methoxy groups -OCH3 is 1. The van der Waals surface area contributed by atoms with Gasteiger partial charge in [0, 0.05) is 24.2 Å². The van der Waals surface area contributed by atoms with Crippen molar-refractivity contribution in [3.63, 3.8) is 0 Å². The van der Waals surface area contributed by atoms with Gasteiger partial charge in [-0.15, -0.1) is 0 Å². The highest BCUT2D eigenvalue weighted by Crippen LogP contribution is 2.36. The molecular weight excluding hydrogens is 455 g/mol.